The van der Waals surface area contributed by atoms with Gasteiger partial charge in [-0.25, -0.2) is 18.6 Å². The monoisotopic (exact) mass is 708 g/mol. The summed E-state index contributed by atoms with van der Waals surface area (Å²) in [6.07, 6.45) is -6.91. The fraction of sp³-hybridized carbons (Fsp3) is 0.500. The van der Waals surface area contributed by atoms with Gasteiger partial charge in [0.05, 0.1) is 30.8 Å². The van der Waals surface area contributed by atoms with Crippen LogP contribution in [-0.4, -0.2) is 104 Å². The fourth-order valence-electron chi connectivity index (χ4n) is 5.25. The minimum Gasteiger partial charge on any atom is -0.389 e. The third kappa shape index (κ3) is 5.55. The summed E-state index contributed by atoms with van der Waals surface area (Å²) < 4.78 is 59.0. The molecule has 7 heterocycles. The van der Waals surface area contributed by atoms with Crippen molar-refractivity contribution in [1.29, 1.82) is 0 Å². The Balaban J connectivity index is 1.21. The summed E-state index contributed by atoms with van der Waals surface area (Å²) >= 11 is 6.14. The number of aliphatic hydroxyl groups is 1. The molecule has 2 bridgehead atoms. The molecule has 25 heteroatoms. The van der Waals surface area contributed by atoms with Gasteiger partial charge in [-0.1, -0.05) is 5.21 Å². The number of phosphoric ester groups is 1. The molecule has 10 atom stereocenters. The predicted octanol–water partition coefficient (Wildman–Crippen LogP) is -0.691. The van der Waals surface area contributed by atoms with Crippen LogP contribution in [0.2, 0.25) is 0 Å². The quantitative estimate of drug-likeness (QED) is 0.141. The zero-order chi connectivity index (χ0) is 31.8. The van der Waals surface area contributed by atoms with Gasteiger partial charge < -0.3 is 35.6 Å². The number of thioether (sulfide) groups is 1. The Morgan fingerprint density at radius 3 is 2.78 bits per heavy atom. The number of hydrogen-bond donors (Lipinski definition) is 6. The van der Waals surface area contributed by atoms with Crippen molar-refractivity contribution in [3.63, 3.8) is 0 Å². The van der Waals surface area contributed by atoms with Crippen LogP contribution in [0.3, 0.4) is 0 Å². The number of phosphoric acid groups is 1. The summed E-state index contributed by atoms with van der Waals surface area (Å²) in [5.41, 5.74) is 11.0. The van der Waals surface area contributed by atoms with Gasteiger partial charge in [-0.2, -0.15) is 14.6 Å². The van der Waals surface area contributed by atoms with Crippen molar-refractivity contribution in [2.45, 2.75) is 47.3 Å². The van der Waals surface area contributed by atoms with Gasteiger partial charge in [-0.3, -0.25) is 23.3 Å². The summed E-state index contributed by atoms with van der Waals surface area (Å²) in [6.45, 7) is -5.57. The summed E-state index contributed by atoms with van der Waals surface area (Å²) in [7, 11) is -5.03. The van der Waals surface area contributed by atoms with Gasteiger partial charge >= 0.3 is 14.5 Å². The maximum atomic E-state index is 16.0. The van der Waals surface area contributed by atoms with Gasteiger partial charge in [0.2, 0.25) is 5.95 Å². The van der Waals surface area contributed by atoms with Crippen molar-refractivity contribution in [1.82, 2.24) is 39.6 Å². The van der Waals surface area contributed by atoms with Crippen LogP contribution in [0.15, 0.2) is 23.3 Å². The van der Waals surface area contributed by atoms with E-state index in [1.807, 2.05) is 0 Å². The van der Waals surface area contributed by atoms with E-state index in [0.717, 1.165) is 16.4 Å². The molecular weight excluding hydrogens is 685 g/mol. The molecule has 4 aromatic heterocycles. The molecule has 0 aliphatic carbocycles. The first-order chi connectivity index (χ1) is 21.3. The molecule has 0 spiro atoms. The second-order valence-electron chi connectivity index (χ2n) is 10.1. The number of nitrogens with zero attached hydrogens (tertiary/aromatic N) is 7. The molecule has 0 radical (unpaired) electrons. The van der Waals surface area contributed by atoms with Crippen LogP contribution in [0.4, 0.5) is 16.2 Å². The van der Waals surface area contributed by atoms with Crippen molar-refractivity contribution in [3.05, 3.63) is 34.4 Å². The minimum absolute atomic E-state index is 0.0771. The molecule has 3 saturated heterocycles. The number of alkyl halides is 1. The van der Waals surface area contributed by atoms with Crippen LogP contribution >= 0.6 is 26.3 Å². The maximum absolute atomic E-state index is 16.0. The fourth-order valence-corrected chi connectivity index (χ4v) is 9.28. The zero-order valence-electron chi connectivity index (χ0n) is 22.3. The molecule has 0 aromatic carbocycles. The van der Waals surface area contributed by atoms with Crippen LogP contribution < -0.4 is 17.0 Å². The second-order valence-corrected chi connectivity index (χ2v) is 15.7. The van der Waals surface area contributed by atoms with E-state index in [9.17, 15) is 24.3 Å². The molecule has 20 nitrogen and oxygen atoms in total. The number of nitrogens with two attached hydrogens (primary N) is 2. The number of nitrogen functional groups attached to an aromatic ring is 2. The Bertz CT molecular complexity index is 1950. The summed E-state index contributed by atoms with van der Waals surface area (Å²) in [5, 5.41) is 20.9. The van der Waals surface area contributed by atoms with Crippen LogP contribution in [0.5, 0.6) is 0 Å². The lowest BCUT2D eigenvalue weighted by molar-refractivity contribution is -0.0250. The lowest BCUT2D eigenvalue weighted by Gasteiger charge is -2.27. The number of nitrogens with one attached hydrogen (secondary N) is 1. The number of aromatic amines is 1. The molecule has 45 heavy (non-hydrogen) atoms. The molecule has 3 fully saturated rings. The van der Waals surface area contributed by atoms with Gasteiger partial charge in [0.15, 0.2) is 23.0 Å². The van der Waals surface area contributed by atoms with E-state index in [1.54, 1.807) is 0 Å². The Labute approximate surface area is 259 Å². The van der Waals surface area contributed by atoms with Gasteiger partial charge in [0.25, 0.3) is 5.56 Å². The predicted molar refractivity (Wildman–Crippen MR) is 155 cm³/mol. The minimum atomic E-state index is -5.03. The average molecular weight is 709 g/mol. The highest BCUT2D eigenvalue weighted by Gasteiger charge is 2.54. The van der Waals surface area contributed by atoms with Crippen LogP contribution in [0.25, 0.3) is 16.8 Å². The Hall–Kier alpha value is -2.66. The molecule has 2 unspecified atom stereocenters. The average Bonchev–Trinajstić information content (AvgIpc) is 3.72. The van der Waals surface area contributed by atoms with Crippen molar-refractivity contribution in [2.75, 3.05) is 24.7 Å². The molecule has 3 aliphatic rings. The maximum Gasteiger partial charge on any atom is 0.472 e. The molecule has 3 aliphatic heterocycles. The number of rotatable bonds is 2. The Kier molecular flexibility index (Phi) is 7.74. The normalized spacial score (nSPS) is 37.7. The van der Waals surface area contributed by atoms with Crippen LogP contribution in [-0.2, 0) is 39.2 Å². The smallest absolute Gasteiger partial charge is 0.389 e. The standard InChI is InChI=1S/C20H23FN10O10P2S2/c21-10-13(6-3-25-30-9(22)1-2-24-16(6)30)39-7-4-38-43(36,44)41-15-12(32)8(5-37-42(34,35)40-14(7)10)45-19(15)31-17-11(28-29-31)18(33)27-20(23)26-17/h1-3,7-8,10,12-15,19,32H,4-5,22H2,(H,34,35)(H,36,44)(H3,23,26,27,33)/t7-,8-,10-,12-,13+,14-,15-,19-,43?/m1/s1. The van der Waals surface area contributed by atoms with Crippen molar-refractivity contribution in [2.24, 2.45) is 0 Å². The van der Waals surface area contributed by atoms with Gasteiger partial charge in [0.1, 0.15) is 35.6 Å². The second kappa shape index (κ2) is 11.2. The van der Waals surface area contributed by atoms with E-state index >= 15 is 4.39 Å². The SMILES string of the molecule is Nc1nc2c(nnn2[C@@H]2S[C@@H]3COP(=O)(O)O[C@H]4[C@H](F)[C@H](c5cnn6c(N)ccnc56)O[C@@H]4COP(O)(=S)O[C@@H]2[C@@H]3O)c(=O)[nH]1. The first-order valence-electron chi connectivity index (χ1n) is 13.0. The van der Waals surface area contributed by atoms with Crippen molar-refractivity contribution < 1.29 is 46.7 Å². The lowest BCUT2D eigenvalue weighted by Crippen LogP contribution is -2.35. The number of ether oxygens (including phenoxy) is 1. The number of anilines is 2. The molecule has 4 aromatic rings. The highest BCUT2D eigenvalue weighted by atomic mass is 32.5. The number of H-pyrrole nitrogens is 1. The van der Waals surface area contributed by atoms with E-state index in [0.29, 0.717) is 0 Å². The molecule has 7 rings (SSSR count). The van der Waals surface area contributed by atoms with Gasteiger partial charge in [0, 0.05) is 11.8 Å². The van der Waals surface area contributed by atoms with E-state index in [1.165, 1.54) is 23.0 Å². The number of aliphatic hydroxyl groups excluding tert-OH is 1. The Morgan fingerprint density at radius 2 is 1.98 bits per heavy atom. The number of hydrogen-bond acceptors (Lipinski definition) is 17. The van der Waals surface area contributed by atoms with E-state index < -0.39 is 80.6 Å². The summed E-state index contributed by atoms with van der Waals surface area (Å²) in [5.74, 6) is -0.0295. The topological polar surface area (TPSA) is 283 Å². The van der Waals surface area contributed by atoms with E-state index in [4.69, 9.17) is 46.1 Å². The molecule has 8 N–H and O–H groups in total. The summed E-state index contributed by atoms with van der Waals surface area (Å²) in [4.78, 5) is 44.5. The molecule has 0 saturated carbocycles. The first kappa shape index (κ1) is 31.0. The highest BCUT2D eigenvalue weighted by Crippen LogP contribution is 2.57. The largest absolute Gasteiger partial charge is 0.472 e. The Morgan fingerprint density at radius 1 is 1.18 bits per heavy atom. The third-order valence-corrected chi connectivity index (χ3v) is 11.3. The lowest BCUT2D eigenvalue weighted by atomic mass is 10.1. The van der Waals surface area contributed by atoms with Crippen LogP contribution in [0.1, 0.15) is 17.0 Å². The molecule has 242 valence electrons. The molecular formula is C20H23FN10O10P2S2. The summed E-state index contributed by atoms with van der Waals surface area (Å²) in [6, 6.07) is 1.48. The number of halogens is 1. The number of aromatic nitrogens is 8. The van der Waals surface area contributed by atoms with Crippen molar-refractivity contribution in [3.8, 4) is 0 Å². The van der Waals surface area contributed by atoms with Crippen molar-refractivity contribution >= 4 is 66.7 Å². The first-order valence-corrected chi connectivity index (χ1v) is 18.0. The van der Waals surface area contributed by atoms with Gasteiger partial charge in [-0.15, -0.1) is 16.9 Å². The third-order valence-electron chi connectivity index (χ3n) is 7.28. The molecule has 0 amide bonds. The number of fused-ring (bicyclic) bond motifs is 5. The zero-order valence-corrected chi connectivity index (χ0v) is 25.8. The van der Waals surface area contributed by atoms with E-state index in [2.05, 4.69) is 30.4 Å². The van der Waals surface area contributed by atoms with E-state index in [-0.39, 0.29) is 34.1 Å². The van der Waals surface area contributed by atoms with Crippen LogP contribution in [0, 0.1) is 0 Å². The highest BCUT2D eigenvalue weighted by molar-refractivity contribution is 8.07. The van der Waals surface area contributed by atoms with Gasteiger partial charge in [-0.05, 0) is 17.9 Å².